The minimum Gasteiger partial charge on any atom is -0.481 e. The molecule has 0 unspecified atom stereocenters. The molecule has 0 fully saturated rings. The van der Waals surface area contributed by atoms with Gasteiger partial charge in [0, 0.05) is 28.6 Å². The van der Waals surface area contributed by atoms with Gasteiger partial charge in [-0.05, 0) is 43.9 Å². The summed E-state index contributed by atoms with van der Waals surface area (Å²) >= 11 is 6.01. The maximum Gasteiger partial charge on any atom is 0.358 e. The number of rotatable bonds is 6. The summed E-state index contributed by atoms with van der Waals surface area (Å²) in [5.41, 5.74) is 4.63. The van der Waals surface area contributed by atoms with E-state index in [1.54, 1.807) is 19.2 Å². The molecule has 0 bridgehead atoms. The quantitative estimate of drug-likeness (QED) is 0.223. The van der Waals surface area contributed by atoms with E-state index in [-0.39, 0.29) is 16.9 Å². The van der Waals surface area contributed by atoms with Crippen molar-refractivity contribution in [2.24, 2.45) is 0 Å². The highest BCUT2D eigenvalue weighted by Gasteiger charge is 2.20. The van der Waals surface area contributed by atoms with Crippen molar-refractivity contribution >= 4 is 44.9 Å². The van der Waals surface area contributed by atoms with E-state index in [1.165, 1.54) is 7.11 Å². The second-order valence-corrected chi connectivity index (χ2v) is 8.21. The van der Waals surface area contributed by atoms with E-state index in [2.05, 4.69) is 41.3 Å². The summed E-state index contributed by atoms with van der Waals surface area (Å²) in [4.78, 5) is 25.8. The third-order valence-electron chi connectivity index (χ3n) is 5.63. The van der Waals surface area contributed by atoms with Crippen LogP contribution in [0.2, 0.25) is 5.15 Å². The van der Waals surface area contributed by atoms with E-state index < -0.39 is 5.97 Å². The van der Waals surface area contributed by atoms with Gasteiger partial charge in [-0.1, -0.05) is 30.2 Å². The van der Waals surface area contributed by atoms with Crippen LogP contribution in [0.3, 0.4) is 0 Å². The van der Waals surface area contributed by atoms with Gasteiger partial charge in [0.1, 0.15) is 5.15 Å². The highest BCUT2D eigenvalue weighted by Crippen LogP contribution is 2.34. The molecule has 0 radical (unpaired) electrons. The number of aromatic nitrogens is 3. The maximum atomic E-state index is 12.2. The first-order valence-corrected chi connectivity index (χ1v) is 11.0. The van der Waals surface area contributed by atoms with Crippen molar-refractivity contribution in [2.45, 2.75) is 33.2 Å². The Labute approximate surface area is 197 Å². The molecule has 3 aromatic heterocycles. The number of hydrogen-bond acceptors (Lipinski definition) is 7. The van der Waals surface area contributed by atoms with Crippen LogP contribution in [0.4, 0.5) is 5.69 Å². The van der Waals surface area contributed by atoms with Gasteiger partial charge in [0.2, 0.25) is 5.88 Å². The molecular formula is C25H25ClN4O3. The van der Waals surface area contributed by atoms with Gasteiger partial charge < -0.3 is 14.8 Å². The predicted octanol–water partition coefficient (Wildman–Crippen LogP) is 5.67. The lowest BCUT2D eigenvalue weighted by atomic mass is 9.96. The number of nitrogens with one attached hydrogen (secondary N) is 1. The van der Waals surface area contributed by atoms with Crippen LogP contribution in [0.1, 0.15) is 47.2 Å². The summed E-state index contributed by atoms with van der Waals surface area (Å²) in [7, 11) is 2.93. The number of halogens is 1. The SMILES string of the molecule is CCc1nc2c([C@@H](C)Nc3ccc(Cl)nc3C(=O)OC)cc(C)cc2c2cc(OC)ncc12. The van der Waals surface area contributed by atoms with Crippen molar-refractivity contribution in [3.8, 4) is 5.88 Å². The van der Waals surface area contributed by atoms with Gasteiger partial charge in [0.25, 0.3) is 0 Å². The number of methoxy groups -OCH3 is 2. The summed E-state index contributed by atoms with van der Waals surface area (Å²) in [6, 6.07) is 9.38. The number of nitrogens with zero attached hydrogens (tertiary/aromatic N) is 3. The van der Waals surface area contributed by atoms with Gasteiger partial charge in [-0.3, -0.25) is 4.98 Å². The number of benzene rings is 1. The smallest absolute Gasteiger partial charge is 0.358 e. The summed E-state index contributed by atoms with van der Waals surface area (Å²) in [5.74, 6) is -0.000440. The first-order chi connectivity index (χ1) is 15.9. The molecule has 0 saturated carbocycles. The molecule has 4 rings (SSSR count). The van der Waals surface area contributed by atoms with E-state index >= 15 is 0 Å². The number of hydrogen-bond donors (Lipinski definition) is 1. The highest BCUT2D eigenvalue weighted by molar-refractivity contribution is 6.29. The van der Waals surface area contributed by atoms with Gasteiger partial charge in [0.15, 0.2) is 5.69 Å². The molecule has 0 aliphatic rings. The van der Waals surface area contributed by atoms with Crippen LogP contribution < -0.4 is 10.1 Å². The third-order valence-corrected chi connectivity index (χ3v) is 5.84. The molecule has 0 saturated heterocycles. The number of pyridine rings is 3. The Morgan fingerprint density at radius 3 is 2.61 bits per heavy atom. The fraction of sp³-hybridized carbons (Fsp3) is 0.280. The Morgan fingerprint density at radius 1 is 1.12 bits per heavy atom. The second kappa shape index (κ2) is 9.19. The van der Waals surface area contributed by atoms with Crippen molar-refractivity contribution in [1.29, 1.82) is 0 Å². The Bertz CT molecular complexity index is 1370. The molecule has 0 spiro atoms. The number of anilines is 1. The van der Waals surface area contributed by atoms with Crippen molar-refractivity contribution in [3.05, 3.63) is 64.2 Å². The molecular weight excluding hydrogens is 440 g/mol. The standard InChI is InChI=1S/C25H25ClN4O3/c1-6-19-18-12-27-22(32-4)11-16(18)17-10-13(2)9-15(23(17)29-19)14(3)28-20-7-8-21(26)30-24(20)25(31)33-5/h7-12,14,28H,6H2,1-5H3/t14-/m1/s1. The van der Waals surface area contributed by atoms with Gasteiger partial charge in [0.05, 0.1) is 37.2 Å². The fourth-order valence-electron chi connectivity index (χ4n) is 4.05. The third kappa shape index (κ3) is 4.28. The molecule has 7 nitrogen and oxygen atoms in total. The van der Waals surface area contributed by atoms with E-state index in [9.17, 15) is 4.79 Å². The zero-order valence-electron chi connectivity index (χ0n) is 19.2. The summed E-state index contributed by atoms with van der Waals surface area (Å²) in [5, 5.41) is 6.70. The van der Waals surface area contributed by atoms with E-state index in [0.717, 1.165) is 44.9 Å². The van der Waals surface area contributed by atoms with Crippen molar-refractivity contribution in [2.75, 3.05) is 19.5 Å². The molecule has 0 aliphatic carbocycles. The van der Waals surface area contributed by atoms with Crippen LogP contribution in [-0.4, -0.2) is 35.1 Å². The minimum absolute atomic E-state index is 0.136. The predicted molar refractivity (Wildman–Crippen MR) is 130 cm³/mol. The number of aryl methyl sites for hydroxylation is 2. The van der Waals surface area contributed by atoms with E-state index in [4.69, 9.17) is 26.1 Å². The molecule has 8 heteroatoms. The molecule has 4 aromatic rings. The summed E-state index contributed by atoms with van der Waals surface area (Å²) < 4.78 is 10.3. The molecule has 1 aromatic carbocycles. The summed E-state index contributed by atoms with van der Waals surface area (Å²) in [6.45, 7) is 6.15. The Morgan fingerprint density at radius 2 is 1.91 bits per heavy atom. The highest BCUT2D eigenvalue weighted by atomic mass is 35.5. The van der Waals surface area contributed by atoms with Crippen molar-refractivity contribution in [3.63, 3.8) is 0 Å². The number of fused-ring (bicyclic) bond motifs is 3. The molecule has 3 heterocycles. The first kappa shape index (κ1) is 22.7. The number of carbonyl (C=O) groups is 1. The van der Waals surface area contributed by atoms with Crippen molar-refractivity contribution < 1.29 is 14.3 Å². The van der Waals surface area contributed by atoms with Crippen molar-refractivity contribution in [1.82, 2.24) is 15.0 Å². The molecule has 170 valence electrons. The topological polar surface area (TPSA) is 86.2 Å². The largest absolute Gasteiger partial charge is 0.481 e. The van der Waals surface area contributed by atoms with Crippen LogP contribution >= 0.6 is 11.6 Å². The van der Waals surface area contributed by atoms with Crippen LogP contribution in [0.5, 0.6) is 5.88 Å². The molecule has 1 N–H and O–H groups in total. The zero-order valence-corrected chi connectivity index (χ0v) is 19.9. The van der Waals surface area contributed by atoms with Crippen LogP contribution in [0.15, 0.2) is 36.5 Å². The monoisotopic (exact) mass is 464 g/mol. The number of esters is 1. The lowest BCUT2D eigenvalue weighted by Crippen LogP contribution is -2.14. The minimum atomic E-state index is -0.557. The molecule has 0 amide bonds. The van der Waals surface area contributed by atoms with E-state index in [1.807, 2.05) is 19.2 Å². The maximum absolute atomic E-state index is 12.2. The van der Waals surface area contributed by atoms with Gasteiger partial charge in [-0.25, -0.2) is 14.8 Å². The van der Waals surface area contributed by atoms with Crippen LogP contribution in [0.25, 0.3) is 21.7 Å². The summed E-state index contributed by atoms with van der Waals surface area (Å²) in [6.07, 6.45) is 2.59. The zero-order chi connectivity index (χ0) is 23.7. The van der Waals surface area contributed by atoms with Crippen LogP contribution in [0, 0.1) is 6.92 Å². The lowest BCUT2D eigenvalue weighted by molar-refractivity contribution is 0.0595. The Kier molecular flexibility index (Phi) is 6.33. The first-order valence-electron chi connectivity index (χ1n) is 10.6. The average Bonchev–Trinajstić information content (AvgIpc) is 2.83. The van der Waals surface area contributed by atoms with Gasteiger partial charge in [-0.2, -0.15) is 0 Å². The van der Waals surface area contributed by atoms with Gasteiger partial charge in [-0.15, -0.1) is 0 Å². The van der Waals surface area contributed by atoms with E-state index in [0.29, 0.717) is 11.6 Å². The number of carbonyl (C=O) groups excluding carboxylic acids is 1. The number of ether oxygens (including phenoxy) is 2. The Balaban J connectivity index is 1.89. The normalized spacial score (nSPS) is 12.1. The lowest BCUT2D eigenvalue weighted by Gasteiger charge is -2.20. The average molecular weight is 465 g/mol. The molecule has 1 atom stereocenters. The molecule has 0 aliphatic heterocycles. The molecule has 33 heavy (non-hydrogen) atoms. The Hall–Kier alpha value is -3.45. The van der Waals surface area contributed by atoms with Crippen LogP contribution in [-0.2, 0) is 11.2 Å². The van der Waals surface area contributed by atoms with Gasteiger partial charge >= 0.3 is 5.97 Å². The second-order valence-electron chi connectivity index (χ2n) is 7.82. The fourth-order valence-corrected chi connectivity index (χ4v) is 4.19.